The van der Waals surface area contributed by atoms with Crippen molar-refractivity contribution in [2.45, 2.75) is 31.8 Å². The lowest BCUT2D eigenvalue weighted by atomic mass is 9.90. The first-order valence-corrected chi connectivity index (χ1v) is 12.0. The van der Waals surface area contributed by atoms with Gasteiger partial charge < -0.3 is 15.7 Å². The number of aliphatic hydroxyl groups excluding tert-OH is 1. The summed E-state index contributed by atoms with van der Waals surface area (Å²) in [5.41, 5.74) is 2.17. The lowest BCUT2D eigenvalue weighted by Gasteiger charge is -2.17. The largest absolute Gasteiger partial charge is 0.394 e. The second kappa shape index (κ2) is 10.1. The molecule has 3 N–H and O–H groups in total. The van der Waals surface area contributed by atoms with E-state index in [4.69, 9.17) is 0 Å². The average Bonchev–Trinajstić information content (AvgIpc) is 2.90. The molecule has 35 heavy (non-hydrogen) atoms. The minimum Gasteiger partial charge on any atom is -0.394 e. The first-order valence-electron chi connectivity index (χ1n) is 12.0. The van der Waals surface area contributed by atoms with Crippen LogP contribution in [0.1, 0.15) is 24.0 Å². The normalized spacial score (nSPS) is 12.3. The van der Waals surface area contributed by atoms with Gasteiger partial charge in [-0.1, -0.05) is 84.9 Å². The Labute approximate surface area is 204 Å². The monoisotopic (exact) mass is 464 g/mol. The summed E-state index contributed by atoms with van der Waals surface area (Å²) in [6, 6.07) is 27.9. The summed E-state index contributed by atoms with van der Waals surface area (Å²) in [4.78, 5) is 24.9. The Morgan fingerprint density at radius 3 is 2.20 bits per heavy atom. The molecule has 5 aromatic carbocycles. The molecule has 1 unspecified atom stereocenters. The molecule has 0 aliphatic carbocycles. The van der Waals surface area contributed by atoms with Crippen molar-refractivity contribution in [3.63, 3.8) is 0 Å². The molecule has 0 saturated carbocycles. The van der Waals surface area contributed by atoms with Crippen LogP contribution in [0, 0.1) is 0 Å². The van der Waals surface area contributed by atoms with Crippen LogP contribution in [-0.4, -0.2) is 29.6 Å². The number of aryl methyl sites for hydroxylation is 1. The zero-order valence-corrected chi connectivity index (χ0v) is 19.5. The van der Waals surface area contributed by atoms with Crippen LogP contribution in [-0.2, 0) is 22.6 Å². The summed E-state index contributed by atoms with van der Waals surface area (Å²) in [7, 11) is 0. The fraction of sp³-hybridized carbons (Fsp3) is 0.200. The zero-order valence-electron chi connectivity index (χ0n) is 19.5. The molecule has 0 aliphatic heterocycles. The Bertz CT molecular complexity index is 1460. The number of nitrogens with one attached hydrogen (secondary N) is 2. The first kappa shape index (κ1) is 22.8. The van der Waals surface area contributed by atoms with Gasteiger partial charge in [-0.25, -0.2) is 0 Å². The summed E-state index contributed by atoms with van der Waals surface area (Å²) in [6.07, 6.45) is 1.69. The van der Waals surface area contributed by atoms with Gasteiger partial charge in [-0.3, -0.25) is 9.59 Å². The van der Waals surface area contributed by atoms with Gasteiger partial charge in [-0.2, -0.15) is 0 Å². The minimum atomic E-state index is -0.958. The van der Waals surface area contributed by atoms with E-state index in [2.05, 4.69) is 65.2 Å². The van der Waals surface area contributed by atoms with E-state index in [9.17, 15) is 14.7 Å². The number of carbonyl (C=O) groups excluding carboxylic acids is 2. The van der Waals surface area contributed by atoms with Crippen molar-refractivity contribution in [1.82, 2.24) is 10.6 Å². The van der Waals surface area contributed by atoms with Crippen molar-refractivity contribution >= 4 is 44.1 Å². The molecular weight excluding hydrogens is 436 g/mol. The van der Waals surface area contributed by atoms with Gasteiger partial charge in [0.05, 0.1) is 6.61 Å². The average molecular weight is 465 g/mol. The highest BCUT2D eigenvalue weighted by atomic mass is 16.3. The van der Waals surface area contributed by atoms with E-state index in [0.29, 0.717) is 13.0 Å². The third-order valence-electron chi connectivity index (χ3n) is 6.61. The molecule has 2 amide bonds. The number of carbonyl (C=O) groups is 2. The first-order chi connectivity index (χ1) is 17.1. The van der Waals surface area contributed by atoms with Crippen LogP contribution in [0.25, 0.3) is 32.3 Å². The van der Waals surface area contributed by atoms with E-state index in [0.717, 1.165) is 12.0 Å². The Hall–Kier alpha value is -3.96. The van der Waals surface area contributed by atoms with Gasteiger partial charge in [0.25, 0.3) is 0 Å². The molecule has 0 heterocycles. The second-order valence-corrected chi connectivity index (χ2v) is 8.94. The van der Waals surface area contributed by atoms with Crippen LogP contribution in [0.3, 0.4) is 0 Å². The highest BCUT2D eigenvalue weighted by molar-refractivity contribution is 6.23. The summed E-state index contributed by atoms with van der Waals surface area (Å²) >= 11 is 0. The van der Waals surface area contributed by atoms with E-state index in [1.165, 1.54) is 37.9 Å². The molecule has 0 bridgehead atoms. The summed E-state index contributed by atoms with van der Waals surface area (Å²) in [5, 5.41) is 22.5. The molecule has 5 nitrogen and oxygen atoms in total. The van der Waals surface area contributed by atoms with E-state index in [1.807, 2.05) is 30.3 Å². The number of hydrogen-bond donors (Lipinski definition) is 3. The second-order valence-electron chi connectivity index (χ2n) is 8.94. The van der Waals surface area contributed by atoms with Crippen molar-refractivity contribution in [3.05, 3.63) is 96.1 Å². The molecule has 5 rings (SSSR count). The van der Waals surface area contributed by atoms with Crippen molar-refractivity contribution < 1.29 is 14.7 Å². The van der Waals surface area contributed by atoms with Crippen LogP contribution in [0.5, 0.6) is 0 Å². The third kappa shape index (κ3) is 4.81. The summed E-state index contributed by atoms with van der Waals surface area (Å²) < 4.78 is 0. The van der Waals surface area contributed by atoms with Gasteiger partial charge in [0.15, 0.2) is 0 Å². The molecule has 0 radical (unpaired) electrons. The Morgan fingerprint density at radius 1 is 0.771 bits per heavy atom. The van der Waals surface area contributed by atoms with Crippen LogP contribution in [0.2, 0.25) is 0 Å². The SMILES string of the molecule is O=C(CCCc1ccc2ccc3cccc4ccc1c2c34)NC(CO)C(=O)NCc1ccccc1. The maximum atomic E-state index is 12.5. The molecule has 176 valence electrons. The molecule has 0 fully saturated rings. The van der Waals surface area contributed by atoms with Crippen molar-refractivity contribution in [2.75, 3.05) is 6.61 Å². The number of hydrogen-bond acceptors (Lipinski definition) is 3. The van der Waals surface area contributed by atoms with E-state index in [1.54, 1.807) is 0 Å². The van der Waals surface area contributed by atoms with Gasteiger partial charge in [-0.15, -0.1) is 0 Å². The maximum Gasteiger partial charge on any atom is 0.245 e. The Balaban J connectivity index is 1.21. The van der Waals surface area contributed by atoms with Gasteiger partial charge >= 0.3 is 0 Å². The number of amides is 2. The molecule has 5 heteroatoms. The van der Waals surface area contributed by atoms with Crippen molar-refractivity contribution in [3.8, 4) is 0 Å². The fourth-order valence-electron chi connectivity index (χ4n) is 4.82. The Kier molecular flexibility index (Phi) is 6.59. The quantitative estimate of drug-likeness (QED) is 0.277. The predicted octanol–water partition coefficient (Wildman–Crippen LogP) is 4.70. The number of rotatable bonds is 9. The van der Waals surface area contributed by atoms with Gasteiger partial charge in [-0.05, 0) is 56.3 Å². The highest BCUT2D eigenvalue weighted by Crippen LogP contribution is 2.36. The van der Waals surface area contributed by atoms with E-state index in [-0.39, 0.29) is 12.3 Å². The highest BCUT2D eigenvalue weighted by Gasteiger charge is 2.19. The fourth-order valence-corrected chi connectivity index (χ4v) is 4.82. The van der Waals surface area contributed by atoms with E-state index < -0.39 is 18.6 Å². The standard InChI is InChI=1S/C30H28N2O3/c33-19-26(30(35)31-18-20-6-2-1-3-7-20)32-27(34)11-5-8-21-12-13-24-15-14-22-9-4-10-23-16-17-25(21)29(24)28(22)23/h1-4,6-7,9-10,12-17,26,33H,5,8,11,18-19H2,(H,31,35)(H,32,34). The smallest absolute Gasteiger partial charge is 0.245 e. The molecule has 0 saturated heterocycles. The topological polar surface area (TPSA) is 78.4 Å². The summed E-state index contributed by atoms with van der Waals surface area (Å²) in [5.74, 6) is -0.631. The van der Waals surface area contributed by atoms with Crippen LogP contribution < -0.4 is 10.6 Å². The van der Waals surface area contributed by atoms with E-state index >= 15 is 0 Å². The Morgan fingerprint density at radius 2 is 1.46 bits per heavy atom. The molecule has 0 aliphatic rings. The minimum absolute atomic E-state index is 0.239. The van der Waals surface area contributed by atoms with Crippen LogP contribution in [0.4, 0.5) is 0 Å². The summed E-state index contributed by atoms with van der Waals surface area (Å²) in [6.45, 7) is -0.0952. The molecule has 0 spiro atoms. The predicted molar refractivity (Wildman–Crippen MR) is 140 cm³/mol. The molecule has 5 aromatic rings. The molecular formula is C30H28N2O3. The van der Waals surface area contributed by atoms with Gasteiger partial charge in [0.2, 0.25) is 11.8 Å². The molecule has 1 atom stereocenters. The van der Waals surface area contributed by atoms with Gasteiger partial charge in [0.1, 0.15) is 6.04 Å². The zero-order chi connectivity index (χ0) is 24.2. The lowest BCUT2D eigenvalue weighted by molar-refractivity contribution is -0.130. The number of benzene rings is 5. The maximum absolute atomic E-state index is 12.5. The third-order valence-corrected chi connectivity index (χ3v) is 6.61. The van der Waals surface area contributed by atoms with Crippen molar-refractivity contribution in [2.24, 2.45) is 0 Å². The van der Waals surface area contributed by atoms with Crippen LogP contribution in [0.15, 0.2) is 84.9 Å². The molecule has 0 aromatic heterocycles. The van der Waals surface area contributed by atoms with Crippen LogP contribution >= 0.6 is 0 Å². The number of aliphatic hydroxyl groups is 1. The lowest BCUT2D eigenvalue weighted by Crippen LogP contribution is -2.48. The van der Waals surface area contributed by atoms with Crippen molar-refractivity contribution in [1.29, 1.82) is 0 Å². The van der Waals surface area contributed by atoms with Gasteiger partial charge in [0, 0.05) is 13.0 Å².